The van der Waals surface area contributed by atoms with Gasteiger partial charge in [-0.1, -0.05) is 29.4 Å². The molecule has 0 radical (unpaired) electrons. The van der Waals surface area contributed by atoms with Gasteiger partial charge in [0.1, 0.15) is 12.0 Å². The minimum Gasteiger partial charge on any atom is -0.364 e. The van der Waals surface area contributed by atoms with Crippen LogP contribution in [0.1, 0.15) is 29.2 Å². The predicted octanol–water partition coefficient (Wildman–Crippen LogP) is 1.67. The largest absolute Gasteiger partial charge is 0.364 e. The summed E-state index contributed by atoms with van der Waals surface area (Å²) in [6, 6.07) is 10.4. The van der Waals surface area contributed by atoms with Crippen LogP contribution in [0.2, 0.25) is 0 Å². The lowest BCUT2D eigenvalue weighted by Crippen LogP contribution is -2.54. The molecule has 0 spiro atoms. The summed E-state index contributed by atoms with van der Waals surface area (Å²) in [4.78, 5) is 6.62. The summed E-state index contributed by atoms with van der Waals surface area (Å²) >= 11 is 0. The van der Waals surface area contributed by atoms with Crippen molar-refractivity contribution in [3.63, 3.8) is 0 Å². The van der Waals surface area contributed by atoms with Crippen LogP contribution in [0, 0.1) is 11.8 Å². The Balaban J connectivity index is 1.14. The molecule has 0 amide bonds. The molecule has 5 rings (SSSR count). The highest BCUT2D eigenvalue weighted by Crippen LogP contribution is 2.59. The van der Waals surface area contributed by atoms with Crippen molar-refractivity contribution in [2.75, 3.05) is 39.8 Å². The predicted molar refractivity (Wildman–Crippen MR) is 118 cm³/mol. The van der Waals surface area contributed by atoms with Crippen molar-refractivity contribution >= 4 is 16.0 Å². The summed E-state index contributed by atoms with van der Waals surface area (Å²) in [5.74, 6) is 2.85. The summed E-state index contributed by atoms with van der Waals surface area (Å²) in [5.41, 5.74) is 3.48. The van der Waals surface area contributed by atoms with Crippen LogP contribution in [0.5, 0.6) is 0 Å². The third kappa shape index (κ3) is 4.08. The lowest BCUT2D eigenvalue weighted by atomic mass is 9.92. The second-order valence-electron chi connectivity index (χ2n) is 8.65. The zero-order valence-corrected chi connectivity index (χ0v) is 18.6. The third-order valence-electron chi connectivity index (χ3n) is 6.95. The summed E-state index contributed by atoms with van der Waals surface area (Å²) in [7, 11) is -1.60. The molecule has 1 aliphatic heterocycles. The topological polar surface area (TPSA) is 91.0 Å². The van der Waals surface area contributed by atoms with Crippen molar-refractivity contribution in [1.29, 1.82) is 0 Å². The number of benzene rings is 1. The van der Waals surface area contributed by atoms with Gasteiger partial charge in [-0.15, -0.1) is 0 Å². The van der Waals surface area contributed by atoms with E-state index >= 15 is 0 Å². The lowest BCUT2D eigenvalue weighted by Gasteiger charge is -2.35. The van der Waals surface area contributed by atoms with Gasteiger partial charge in [0.05, 0.1) is 5.69 Å². The Morgan fingerprint density at radius 2 is 2.03 bits per heavy atom. The number of nitrogens with one attached hydrogen (secondary N) is 1. The molecular formula is C22H29N5O3S. The first-order valence-electron chi connectivity index (χ1n) is 11.0. The maximum atomic E-state index is 12.6. The van der Waals surface area contributed by atoms with Gasteiger partial charge in [0, 0.05) is 45.8 Å². The van der Waals surface area contributed by atoms with Crippen molar-refractivity contribution in [2.24, 2.45) is 16.8 Å². The van der Waals surface area contributed by atoms with E-state index < -0.39 is 10.0 Å². The summed E-state index contributed by atoms with van der Waals surface area (Å²) < 4.78 is 31.6. The van der Waals surface area contributed by atoms with Crippen molar-refractivity contribution in [2.45, 2.75) is 24.5 Å². The number of nitrogens with zero attached hydrogens (tertiary/aromatic N) is 4. The van der Waals surface area contributed by atoms with E-state index in [1.807, 2.05) is 0 Å². The normalized spacial score (nSPS) is 26.3. The number of fused-ring (bicyclic) bond motifs is 3. The molecule has 2 aromatic rings. The van der Waals surface area contributed by atoms with Crippen molar-refractivity contribution in [3.8, 4) is 0 Å². The molecule has 3 unspecified atom stereocenters. The number of aromatic nitrogens is 1. The van der Waals surface area contributed by atoms with Gasteiger partial charge in [-0.25, -0.2) is 8.42 Å². The molecule has 0 bridgehead atoms. The Morgan fingerprint density at radius 3 is 2.77 bits per heavy atom. The molecule has 2 fully saturated rings. The molecule has 3 aliphatic rings. The van der Waals surface area contributed by atoms with E-state index in [4.69, 9.17) is 4.52 Å². The van der Waals surface area contributed by atoms with Gasteiger partial charge >= 0.3 is 0 Å². The van der Waals surface area contributed by atoms with Gasteiger partial charge in [-0.3, -0.25) is 4.99 Å². The standard InChI is InChI=1S/C22H29N5O3S/c1-23-22(24-14-20-19-7-6-16-4-2-3-5-18(16)21(19)20)26-9-11-27(12-10-26)31(28,29)15-17-8-13-30-25-17/h2-5,8,13,19-21H,6-7,9-12,14-15H2,1H3,(H,23,24). The van der Waals surface area contributed by atoms with Gasteiger partial charge < -0.3 is 14.7 Å². The fourth-order valence-electron chi connectivity index (χ4n) is 5.30. The number of hydrogen-bond acceptors (Lipinski definition) is 5. The molecule has 1 aromatic heterocycles. The fourth-order valence-corrected chi connectivity index (χ4v) is 6.72. The van der Waals surface area contributed by atoms with Crippen molar-refractivity contribution < 1.29 is 12.9 Å². The van der Waals surface area contributed by atoms with Gasteiger partial charge in [-0.05, 0) is 41.7 Å². The minimum atomic E-state index is -3.40. The molecule has 1 saturated carbocycles. The summed E-state index contributed by atoms with van der Waals surface area (Å²) in [6.45, 7) is 3.06. The van der Waals surface area contributed by atoms with Crippen molar-refractivity contribution in [1.82, 2.24) is 19.7 Å². The number of rotatable bonds is 5. The van der Waals surface area contributed by atoms with E-state index in [1.165, 1.54) is 34.5 Å². The maximum absolute atomic E-state index is 12.6. The number of sulfonamides is 1. The van der Waals surface area contributed by atoms with Crippen LogP contribution < -0.4 is 5.32 Å². The Bertz CT molecular complexity index is 1040. The van der Waals surface area contributed by atoms with Gasteiger partial charge in [0.15, 0.2) is 5.96 Å². The molecule has 1 aromatic carbocycles. The van der Waals surface area contributed by atoms with Crippen LogP contribution in [0.15, 0.2) is 46.1 Å². The molecule has 31 heavy (non-hydrogen) atoms. The molecule has 9 heteroatoms. The molecular weight excluding hydrogens is 414 g/mol. The van der Waals surface area contributed by atoms with Crippen LogP contribution >= 0.6 is 0 Å². The molecule has 1 N–H and O–H groups in total. The smallest absolute Gasteiger partial charge is 0.220 e. The highest BCUT2D eigenvalue weighted by molar-refractivity contribution is 7.88. The van der Waals surface area contributed by atoms with E-state index in [1.54, 1.807) is 13.1 Å². The average molecular weight is 444 g/mol. The Labute approximate surface area is 183 Å². The van der Waals surface area contributed by atoms with Gasteiger partial charge in [0.25, 0.3) is 0 Å². The Hall–Kier alpha value is -2.39. The Morgan fingerprint density at radius 1 is 1.23 bits per heavy atom. The van der Waals surface area contributed by atoms with Crippen LogP contribution in [0.25, 0.3) is 0 Å². The zero-order chi connectivity index (χ0) is 21.4. The number of aliphatic imine (C=N–C) groups is 1. The quantitative estimate of drug-likeness (QED) is 0.558. The summed E-state index contributed by atoms with van der Waals surface area (Å²) in [5, 5.41) is 7.29. The first-order chi connectivity index (χ1) is 15.1. The molecule has 2 heterocycles. The molecule has 3 atom stereocenters. The molecule has 166 valence electrons. The second kappa shape index (κ2) is 8.27. The monoisotopic (exact) mass is 443 g/mol. The van der Waals surface area contributed by atoms with E-state index in [0.717, 1.165) is 18.4 Å². The molecule has 8 nitrogen and oxygen atoms in total. The zero-order valence-electron chi connectivity index (χ0n) is 17.8. The number of piperazine rings is 1. The first-order valence-corrected chi connectivity index (χ1v) is 12.6. The SMILES string of the molecule is CN=C(NCC1C2CCc3ccccc3C21)N1CCN(S(=O)(=O)Cc2ccon2)CC1. The van der Waals surface area contributed by atoms with Crippen LogP contribution in [0.4, 0.5) is 0 Å². The third-order valence-corrected chi connectivity index (χ3v) is 8.77. The maximum Gasteiger partial charge on any atom is 0.220 e. The fraction of sp³-hybridized carbons (Fsp3) is 0.545. The minimum absolute atomic E-state index is 0.123. The number of hydrogen-bond donors (Lipinski definition) is 1. The van der Waals surface area contributed by atoms with Crippen molar-refractivity contribution in [3.05, 3.63) is 53.4 Å². The van der Waals surface area contributed by atoms with E-state index in [9.17, 15) is 8.42 Å². The van der Waals surface area contributed by atoms with E-state index in [-0.39, 0.29) is 5.75 Å². The number of aryl methyl sites for hydroxylation is 1. The van der Waals surface area contributed by atoms with Gasteiger partial charge in [0.2, 0.25) is 10.0 Å². The number of guanidine groups is 1. The van der Waals surface area contributed by atoms with Gasteiger partial charge in [-0.2, -0.15) is 4.31 Å². The molecule has 2 aliphatic carbocycles. The second-order valence-corrected chi connectivity index (χ2v) is 10.6. The highest BCUT2D eigenvalue weighted by Gasteiger charge is 2.52. The Kier molecular flexibility index (Phi) is 5.47. The highest BCUT2D eigenvalue weighted by atomic mass is 32.2. The van der Waals surface area contributed by atoms with Crippen LogP contribution in [0.3, 0.4) is 0 Å². The molecule has 1 saturated heterocycles. The van der Waals surface area contributed by atoms with Crippen LogP contribution in [-0.4, -0.2) is 68.5 Å². The van der Waals surface area contributed by atoms with E-state index in [2.05, 4.69) is 44.6 Å². The first kappa shape index (κ1) is 20.5. The lowest BCUT2D eigenvalue weighted by molar-refractivity contribution is 0.259. The van der Waals surface area contributed by atoms with Crippen LogP contribution in [-0.2, 0) is 22.2 Å². The van der Waals surface area contributed by atoms with E-state index in [0.29, 0.717) is 43.7 Å². The summed E-state index contributed by atoms with van der Waals surface area (Å²) in [6.07, 6.45) is 3.86. The average Bonchev–Trinajstić information content (AvgIpc) is 3.27.